The van der Waals surface area contributed by atoms with Crippen LogP contribution in [0.1, 0.15) is 36.7 Å². The molecule has 0 fully saturated rings. The molecule has 0 aliphatic heterocycles. The lowest BCUT2D eigenvalue weighted by Gasteiger charge is -2.14. The van der Waals surface area contributed by atoms with E-state index in [0.29, 0.717) is 12.1 Å². The molecule has 7 nitrogen and oxygen atoms in total. The van der Waals surface area contributed by atoms with Crippen LogP contribution in [-0.2, 0) is 9.53 Å². The van der Waals surface area contributed by atoms with Gasteiger partial charge in [0, 0.05) is 18.2 Å². The molecule has 0 spiro atoms. The molecular formula is C15H20N2O5. The zero-order valence-electron chi connectivity index (χ0n) is 13.1. The summed E-state index contributed by atoms with van der Waals surface area (Å²) in [6, 6.07) is 4.05. The molecule has 0 unspecified atom stereocenters. The number of nitro groups is 1. The molecule has 1 atom stereocenters. The summed E-state index contributed by atoms with van der Waals surface area (Å²) in [5.41, 5.74) is 0.330. The summed E-state index contributed by atoms with van der Waals surface area (Å²) in [5.74, 6) is -0.884. The van der Waals surface area contributed by atoms with Gasteiger partial charge in [-0.25, -0.2) is 4.79 Å². The molecule has 1 aromatic rings. The number of aryl methyl sites for hydroxylation is 1. The van der Waals surface area contributed by atoms with Crippen LogP contribution in [0.25, 0.3) is 0 Å². The SMILES string of the molecule is Cc1ccc(C(=O)O[C@H](C)C(=O)NCC(C)C)cc1[N+](=O)[O-]. The monoisotopic (exact) mass is 308 g/mol. The average molecular weight is 308 g/mol. The third-order valence-corrected chi connectivity index (χ3v) is 2.98. The van der Waals surface area contributed by atoms with Crippen LogP contribution in [-0.4, -0.2) is 29.4 Å². The van der Waals surface area contributed by atoms with E-state index >= 15 is 0 Å². The number of rotatable bonds is 6. The van der Waals surface area contributed by atoms with E-state index in [2.05, 4.69) is 5.32 Å². The molecule has 0 aliphatic carbocycles. The van der Waals surface area contributed by atoms with Crippen molar-refractivity contribution in [1.29, 1.82) is 0 Å². The highest BCUT2D eigenvalue weighted by Gasteiger charge is 2.21. The molecule has 7 heteroatoms. The Morgan fingerprint density at radius 2 is 1.95 bits per heavy atom. The van der Waals surface area contributed by atoms with E-state index in [1.165, 1.54) is 19.1 Å². The van der Waals surface area contributed by atoms with Crippen molar-refractivity contribution in [1.82, 2.24) is 5.32 Å². The topological polar surface area (TPSA) is 98.5 Å². The minimum Gasteiger partial charge on any atom is -0.449 e. The normalized spacial score (nSPS) is 11.9. The van der Waals surface area contributed by atoms with E-state index in [-0.39, 0.29) is 17.2 Å². The van der Waals surface area contributed by atoms with Crippen LogP contribution >= 0.6 is 0 Å². The van der Waals surface area contributed by atoms with Gasteiger partial charge >= 0.3 is 5.97 Å². The van der Waals surface area contributed by atoms with Crippen molar-refractivity contribution in [3.8, 4) is 0 Å². The van der Waals surface area contributed by atoms with Gasteiger partial charge < -0.3 is 10.1 Å². The number of nitro benzene ring substituents is 1. The summed E-state index contributed by atoms with van der Waals surface area (Å²) in [5, 5.41) is 13.5. The minimum atomic E-state index is -0.966. The van der Waals surface area contributed by atoms with E-state index in [0.717, 1.165) is 6.07 Å². The molecule has 0 radical (unpaired) electrons. The number of esters is 1. The maximum atomic E-state index is 12.0. The molecule has 22 heavy (non-hydrogen) atoms. The lowest BCUT2D eigenvalue weighted by molar-refractivity contribution is -0.385. The summed E-state index contributed by atoms with van der Waals surface area (Å²) in [6.45, 7) is 7.41. The number of carbonyl (C=O) groups excluding carboxylic acids is 2. The van der Waals surface area contributed by atoms with Gasteiger partial charge in [-0.2, -0.15) is 0 Å². The van der Waals surface area contributed by atoms with E-state index in [9.17, 15) is 19.7 Å². The zero-order valence-corrected chi connectivity index (χ0v) is 13.1. The van der Waals surface area contributed by atoms with Gasteiger partial charge in [-0.1, -0.05) is 19.9 Å². The first-order chi connectivity index (χ1) is 10.2. The Bertz CT molecular complexity index is 583. The van der Waals surface area contributed by atoms with Gasteiger partial charge in [0.1, 0.15) is 0 Å². The van der Waals surface area contributed by atoms with Gasteiger partial charge in [-0.3, -0.25) is 14.9 Å². The molecule has 1 N–H and O–H groups in total. The Morgan fingerprint density at radius 3 is 2.50 bits per heavy atom. The second-order valence-corrected chi connectivity index (χ2v) is 5.44. The summed E-state index contributed by atoms with van der Waals surface area (Å²) in [6.07, 6.45) is -0.966. The predicted octanol–water partition coefficient (Wildman–Crippen LogP) is 2.22. The number of benzene rings is 1. The van der Waals surface area contributed by atoms with Gasteiger partial charge in [0.2, 0.25) is 0 Å². The van der Waals surface area contributed by atoms with E-state index < -0.39 is 22.9 Å². The van der Waals surface area contributed by atoms with Crippen molar-refractivity contribution in [2.75, 3.05) is 6.54 Å². The maximum Gasteiger partial charge on any atom is 0.339 e. The Kier molecular flexibility index (Phi) is 6.03. The maximum absolute atomic E-state index is 12.0. The van der Waals surface area contributed by atoms with Crippen molar-refractivity contribution in [3.63, 3.8) is 0 Å². The number of hydrogen-bond acceptors (Lipinski definition) is 5. The predicted molar refractivity (Wildman–Crippen MR) is 80.6 cm³/mol. The number of hydrogen-bond donors (Lipinski definition) is 1. The Morgan fingerprint density at radius 1 is 1.32 bits per heavy atom. The van der Waals surface area contributed by atoms with E-state index in [4.69, 9.17) is 4.74 Å². The van der Waals surface area contributed by atoms with E-state index in [1.54, 1.807) is 6.92 Å². The van der Waals surface area contributed by atoms with E-state index in [1.807, 2.05) is 13.8 Å². The van der Waals surface area contributed by atoms with Gasteiger partial charge in [-0.05, 0) is 25.8 Å². The number of ether oxygens (including phenoxy) is 1. The van der Waals surface area contributed by atoms with Crippen molar-refractivity contribution in [3.05, 3.63) is 39.4 Å². The third kappa shape index (κ3) is 4.83. The van der Waals surface area contributed by atoms with Crippen molar-refractivity contribution < 1.29 is 19.2 Å². The number of amides is 1. The van der Waals surface area contributed by atoms with Crippen LogP contribution in [0.5, 0.6) is 0 Å². The zero-order chi connectivity index (χ0) is 16.9. The minimum absolute atomic E-state index is 0.0424. The highest BCUT2D eigenvalue weighted by molar-refractivity contribution is 5.92. The fraction of sp³-hybridized carbons (Fsp3) is 0.467. The second kappa shape index (κ2) is 7.53. The first-order valence-electron chi connectivity index (χ1n) is 6.96. The summed E-state index contributed by atoms with van der Waals surface area (Å²) in [4.78, 5) is 34.0. The first kappa shape index (κ1) is 17.6. The van der Waals surface area contributed by atoms with Crippen LogP contribution < -0.4 is 5.32 Å². The standard InChI is InChI=1S/C15H20N2O5/c1-9(2)8-16-14(18)11(4)22-15(19)12-6-5-10(3)13(7-12)17(20)21/h5-7,9,11H,8H2,1-4H3,(H,16,18)/t11-/m1/s1. The van der Waals surface area contributed by atoms with Crippen LogP contribution in [0, 0.1) is 23.0 Å². The Balaban J connectivity index is 2.74. The van der Waals surface area contributed by atoms with Crippen LogP contribution in [0.15, 0.2) is 18.2 Å². The lowest BCUT2D eigenvalue weighted by atomic mass is 10.1. The smallest absolute Gasteiger partial charge is 0.339 e. The van der Waals surface area contributed by atoms with Crippen LogP contribution in [0.3, 0.4) is 0 Å². The number of nitrogens with zero attached hydrogens (tertiary/aromatic N) is 1. The lowest BCUT2D eigenvalue weighted by Crippen LogP contribution is -2.37. The van der Waals surface area contributed by atoms with Gasteiger partial charge in [0.15, 0.2) is 6.10 Å². The molecule has 1 amide bonds. The molecule has 0 aromatic heterocycles. The van der Waals surface area contributed by atoms with Crippen molar-refractivity contribution in [2.45, 2.75) is 33.8 Å². The number of nitrogens with one attached hydrogen (secondary N) is 1. The highest BCUT2D eigenvalue weighted by atomic mass is 16.6. The summed E-state index contributed by atoms with van der Waals surface area (Å²) in [7, 11) is 0. The molecule has 0 heterocycles. The molecule has 0 saturated heterocycles. The first-order valence-corrected chi connectivity index (χ1v) is 6.96. The Hall–Kier alpha value is -2.44. The molecule has 0 saturated carbocycles. The Labute approximate surface area is 128 Å². The summed E-state index contributed by atoms with van der Waals surface area (Å²) >= 11 is 0. The average Bonchev–Trinajstić information content (AvgIpc) is 2.44. The summed E-state index contributed by atoms with van der Waals surface area (Å²) < 4.78 is 5.03. The largest absolute Gasteiger partial charge is 0.449 e. The number of carbonyl (C=O) groups is 2. The van der Waals surface area contributed by atoms with Crippen LogP contribution in [0.2, 0.25) is 0 Å². The fourth-order valence-corrected chi connectivity index (χ4v) is 1.66. The molecule has 120 valence electrons. The highest BCUT2D eigenvalue weighted by Crippen LogP contribution is 2.20. The second-order valence-electron chi connectivity index (χ2n) is 5.44. The molecule has 0 bridgehead atoms. The molecular weight excluding hydrogens is 288 g/mol. The van der Waals surface area contributed by atoms with Crippen LogP contribution in [0.4, 0.5) is 5.69 Å². The molecule has 0 aliphatic rings. The van der Waals surface area contributed by atoms with Crippen molar-refractivity contribution >= 4 is 17.6 Å². The third-order valence-electron chi connectivity index (χ3n) is 2.98. The fourth-order valence-electron chi connectivity index (χ4n) is 1.66. The molecule has 1 aromatic carbocycles. The molecule has 1 rings (SSSR count). The van der Waals surface area contributed by atoms with Gasteiger partial charge in [0.05, 0.1) is 10.5 Å². The van der Waals surface area contributed by atoms with Gasteiger partial charge in [-0.15, -0.1) is 0 Å². The van der Waals surface area contributed by atoms with Gasteiger partial charge in [0.25, 0.3) is 11.6 Å². The quantitative estimate of drug-likeness (QED) is 0.493. The van der Waals surface area contributed by atoms with Crippen molar-refractivity contribution in [2.24, 2.45) is 5.92 Å².